The van der Waals surface area contributed by atoms with Crippen molar-refractivity contribution in [3.63, 3.8) is 0 Å². The average Bonchev–Trinajstić information content (AvgIpc) is 2.41. The molecule has 0 bridgehead atoms. The molecule has 1 atom stereocenters. The van der Waals surface area contributed by atoms with Crippen LogP contribution in [-0.2, 0) is 6.18 Å². The summed E-state index contributed by atoms with van der Waals surface area (Å²) in [6.45, 7) is 1.84. The lowest BCUT2D eigenvalue weighted by molar-refractivity contribution is -0.137. The van der Waals surface area contributed by atoms with Crippen LogP contribution in [0.3, 0.4) is 0 Å². The topological polar surface area (TPSA) is 12.0 Å². The van der Waals surface area contributed by atoms with Crippen LogP contribution in [0.1, 0.15) is 24.1 Å². The van der Waals surface area contributed by atoms with Crippen LogP contribution in [0.4, 0.5) is 23.2 Å². The number of rotatable bonds is 3. The maximum Gasteiger partial charge on any atom is 0.416 e. The monoisotopic (exact) mass is 409 g/mol. The summed E-state index contributed by atoms with van der Waals surface area (Å²) in [5.74, 6) is -0.327. The van der Waals surface area contributed by atoms with Gasteiger partial charge in [0.2, 0.25) is 0 Å². The van der Waals surface area contributed by atoms with Gasteiger partial charge in [-0.05, 0) is 65.4 Å². The van der Waals surface area contributed by atoms with Gasteiger partial charge in [0.05, 0.1) is 5.56 Å². The molecule has 0 saturated heterocycles. The third-order valence-corrected chi connectivity index (χ3v) is 3.93. The summed E-state index contributed by atoms with van der Waals surface area (Å²) >= 11 is 2.00. The lowest BCUT2D eigenvalue weighted by Gasteiger charge is -2.17. The minimum absolute atomic E-state index is 0.189. The van der Waals surface area contributed by atoms with Gasteiger partial charge in [-0.2, -0.15) is 13.2 Å². The number of benzene rings is 2. The largest absolute Gasteiger partial charge is 0.416 e. The molecule has 112 valence electrons. The first-order valence-corrected chi connectivity index (χ1v) is 7.24. The van der Waals surface area contributed by atoms with Gasteiger partial charge in [0, 0.05) is 15.3 Å². The molecule has 2 aromatic rings. The van der Waals surface area contributed by atoms with Crippen LogP contribution in [0.5, 0.6) is 0 Å². The normalized spacial score (nSPS) is 13.0. The number of nitrogens with one attached hydrogen (secondary N) is 1. The van der Waals surface area contributed by atoms with Crippen molar-refractivity contribution in [2.45, 2.75) is 19.1 Å². The van der Waals surface area contributed by atoms with Gasteiger partial charge in [-0.25, -0.2) is 4.39 Å². The number of halogens is 5. The molecule has 1 nitrogen and oxygen atoms in total. The Morgan fingerprint density at radius 3 is 2.19 bits per heavy atom. The maximum atomic E-state index is 13.0. The standard InChI is InChI=1S/C15H12F4IN/c1-9(21-14-7-6-12(16)8-13(14)20)10-2-4-11(5-3-10)15(17,18)19/h2-9,21H,1H3. The molecule has 0 aliphatic heterocycles. The average molecular weight is 409 g/mol. The first-order chi connectivity index (χ1) is 9.77. The molecule has 2 rings (SSSR count). The van der Waals surface area contributed by atoms with E-state index in [4.69, 9.17) is 0 Å². The zero-order valence-corrected chi connectivity index (χ0v) is 13.2. The maximum absolute atomic E-state index is 13.0. The molecule has 0 fully saturated rings. The van der Waals surface area contributed by atoms with E-state index in [1.54, 1.807) is 6.07 Å². The van der Waals surface area contributed by atoms with E-state index in [0.717, 1.165) is 23.4 Å². The molecule has 0 radical (unpaired) electrons. The number of alkyl halides is 3. The second-order valence-electron chi connectivity index (χ2n) is 4.61. The Labute approximate surface area is 133 Å². The summed E-state index contributed by atoms with van der Waals surface area (Å²) in [5, 5.41) is 3.16. The summed E-state index contributed by atoms with van der Waals surface area (Å²) in [6, 6.07) is 9.15. The van der Waals surface area contributed by atoms with Crippen molar-refractivity contribution in [1.82, 2.24) is 0 Å². The molecule has 0 spiro atoms. The van der Waals surface area contributed by atoms with Crippen LogP contribution < -0.4 is 5.32 Å². The predicted octanol–water partition coefficient (Wildman–Crippen LogP) is 5.62. The summed E-state index contributed by atoms with van der Waals surface area (Å²) < 4.78 is 51.3. The Morgan fingerprint density at radius 2 is 1.67 bits per heavy atom. The SMILES string of the molecule is CC(Nc1ccc(F)cc1I)c1ccc(C(F)(F)F)cc1. The van der Waals surface area contributed by atoms with Gasteiger partial charge in [0.25, 0.3) is 0 Å². The molecule has 1 N–H and O–H groups in total. The zero-order valence-electron chi connectivity index (χ0n) is 11.0. The van der Waals surface area contributed by atoms with Crippen LogP contribution >= 0.6 is 22.6 Å². The molecule has 0 amide bonds. The Hall–Kier alpha value is -1.31. The fourth-order valence-corrected chi connectivity index (χ4v) is 2.52. The second-order valence-corrected chi connectivity index (χ2v) is 5.77. The van der Waals surface area contributed by atoms with E-state index in [2.05, 4.69) is 5.32 Å². The molecule has 0 aromatic heterocycles. The number of hydrogen-bond donors (Lipinski definition) is 1. The minimum Gasteiger partial charge on any atom is -0.378 e. The lowest BCUT2D eigenvalue weighted by Crippen LogP contribution is -2.09. The van der Waals surface area contributed by atoms with E-state index in [9.17, 15) is 17.6 Å². The molecule has 0 aliphatic carbocycles. The highest BCUT2D eigenvalue weighted by Gasteiger charge is 2.30. The van der Waals surface area contributed by atoms with Crippen LogP contribution in [0.25, 0.3) is 0 Å². The van der Waals surface area contributed by atoms with Crippen molar-refractivity contribution >= 4 is 28.3 Å². The van der Waals surface area contributed by atoms with Crippen molar-refractivity contribution in [3.05, 3.63) is 63.0 Å². The Bertz CT molecular complexity index is 623. The Balaban J connectivity index is 2.15. The smallest absolute Gasteiger partial charge is 0.378 e. The third kappa shape index (κ3) is 4.09. The predicted molar refractivity (Wildman–Crippen MR) is 82.6 cm³/mol. The van der Waals surface area contributed by atoms with Gasteiger partial charge >= 0.3 is 6.18 Å². The summed E-state index contributed by atoms with van der Waals surface area (Å²) in [7, 11) is 0. The molecule has 0 saturated carbocycles. The molecule has 21 heavy (non-hydrogen) atoms. The first kappa shape index (κ1) is 16.1. The van der Waals surface area contributed by atoms with E-state index >= 15 is 0 Å². The Morgan fingerprint density at radius 1 is 1.05 bits per heavy atom. The van der Waals surface area contributed by atoms with Crippen LogP contribution in [0, 0.1) is 9.39 Å². The highest BCUT2D eigenvalue weighted by molar-refractivity contribution is 14.1. The van der Waals surface area contributed by atoms with Crippen molar-refractivity contribution in [3.8, 4) is 0 Å². The van der Waals surface area contributed by atoms with Crippen molar-refractivity contribution in [1.29, 1.82) is 0 Å². The fraction of sp³-hybridized carbons (Fsp3) is 0.200. The van der Waals surface area contributed by atoms with Gasteiger partial charge in [-0.1, -0.05) is 12.1 Å². The Kier molecular flexibility index (Phi) is 4.75. The molecular formula is C15H12F4IN. The number of hydrogen-bond acceptors (Lipinski definition) is 1. The summed E-state index contributed by atoms with van der Waals surface area (Å²) in [4.78, 5) is 0. The van der Waals surface area contributed by atoms with Gasteiger partial charge in [-0.3, -0.25) is 0 Å². The van der Waals surface area contributed by atoms with Crippen LogP contribution in [0.15, 0.2) is 42.5 Å². The molecule has 1 unspecified atom stereocenters. The van der Waals surface area contributed by atoms with E-state index in [0.29, 0.717) is 3.57 Å². The van der Waals surface area contributed by atoms with Crippen molar-refractivity contribution in [2.75, 3.05) is 5.32 Å². The van der Waals surface area contributed by atoms with E-state index < -0.39 is 11.7 Å². The lowest BCUT2D eigenvalue weighted by atomic mass is 10.1. The zero-order chi connectivity index (χ0) is 15.6. The summed E-state index contributed by atoms with van der Waals surface area (Å²) in [5.41, 5.74) is 0.794. The second kappa shape index (κ2) is 6.21. The van der Waals surface area contributed by atoms with E-state index in [1.165, 1.54) is 24.3 Å². The van der Waals surface area contributed by atoms with Gasteiger partial charge in [-0.15, -0.1) is 0 Å². The molecule has 0 aliphatic rings. The number of anilines is 1. The minimum atomic E-state index is -4.33. The first-order valence-electron chi connectivity index (χ1n) is 6.16. The fourth-order valence-electron chi connectivity index (χ4n) is 1.88. The van der Waals surface area contributed by atoms with E-state index in [-0.39, 0.29) is 11.9 Å². The van der Waals surface area contributed by atoms with Crippen LogP contribution in [-0.4, -0.2) is 0 Å². The quantitative estimate of drug-likeness (QED) is 0.513. The molecular weight excluding hydrogens is 397 g/mol. The van der Waals surface area contributed by atoms with Crippen molar-refractivity contribution in [2.24, 2.45) is 0 Å². The van der Waals surface area contributed by atoms with Gasteiger partial charge in [0.1, 0.15) is 5.82 Å². The highest BCUT2D eigenvalue weighted by atomic mass is 127. The van der Waals surface area contributed by atoms with Crippen molar-refractivity contribution < 1.29 is 17.6 Å². The van der Waals surface area contributed by atoms with Gasteiger partial charge < -0.3 is 5.32 Å². The van der Waals surface area contributed by atoms with Gasteiger partial charge in [0.15, 0.2) is 0 Å². The highest BCUT2D eigenvalue weighted by Crippen LogP contribution is 2.31. The summed E-state index contributed by atoms with van der Waals surface area (Å²) in [6.07, 6.45) is -4.33. The molecule has 6 heteroatoms. The van der Waals surface area contributed by atoms with Crippen LogP contribution in [0.2, 0.25) is 0 Å². The third-order valence-electron chi connectivity index (χ3n) is 3.04. The molecule has 2 aromatic carbocycles. The molecule has 0 heterocycles. The van der Waals surface area contributed by atoms with E-state index in [1.807, 2.05) is 29.5 Å².